The van der Waals surface area contributed by atoms with E-state index in [-0.39, 0.29) is 12.1 Å². The minimum absolute atomic E-state index is 0.0127. The topological polar surface area (TPSA) is 41.6 Å². The molecule has 0 spiro atoms. The number of para-hydroxylation sites is 1. The minimum Gasteiger partial charge on any atom is -0.377 e. The normalized spacial score (nSPS) is 18.5. The summed E-state index contributed by atoms with van der Waals surface area (Å²) in [4.78, 5) is 14.7. The summed E-state index contributed by atoms with van der Waals surface area (Å²) < 4.78 is 30.7. The van der Waals surface area contributed by atoms with Crippen LogP contribution in [0.25, 0.3) is 0 Å². The third kappa shape index (κ3) is 5.35. The lowest BCUT2D eigenvalue weighted by Gasteiger charge is -2.36. The standard InChI is InChI=1S/C16H22F2N2O2S/c1-11(2)9-12-10-22-8-7-20(12)16(21)19-13-5-3-4-6-14(13)23-15(17)18/h3-6,11-12,15H,7-10H2,1-2H3,(H,19,21). The van der Waals surface area contributed by atoms with Gasteiger partial charge in [0.15, 0.2) is 0 Å². The van der Waals surface area contributed by atoms with Gasteiger partial charge < -0.3 is 15.0 Å². The number of urea groups is 1. The number of anilines is 1. The molecule has 1 unspecified atom stereocenters. The van der Waals surface area contributed by atoms with Crippen molar-refractivity contribution in [2.75, 3.05) is 25.1 Å². The number of hydrogen-bond acceptors (Lipinski definition) is 3. The number of nitrogens with zero attached hydrogens (tertiary/aromatic N) is 1. The summed E-state index contributed by atoms with van der Waals surface area (Å²) >= 11 is 0.434. The molecule has 1 aromatic rings. The highest BCUT2D eigenvalue weighted by Crippen LogP contribution is 2.32. The van der Waals surface area contributed by atoms with E-state index in [2.05, 4.69) is 19.2 Å². The van der Waals surface area contributed by atoms with Crippen LogP contribution in [0.2, 0.25) is 0 Å². The zero-order chi connectivity index (χ0) is 16.8. The second kappa shape index (κ2) is 8.49. The second-order valence-corrected chi connectivity index (χ2v) is 6.89. The Morgan fingerprint density at radius 1 is 1.43 bits per heavy atom. The van der Waals surface area contributed by atoms with Gasteiger partial charge in [-0.3, -0.25) is 0 Å². The highest BCUT2D eigenvalue weighted by atomic mass is 32.2. The lowest BCUT2D eigenvalue weighted by Crippen LogP contribution is -2.50. The van der Waals surface area contributed by atoms with E-state index in [0.717, 1.165) is 6.42 Å². The van der Waals surface area contributed by atoms with Crippen LogP contribution in [0, 0.1) is 5.92 Å². The van der Waals surface area contributed by atoms with E-state index in [0.29, 0.717) is 48.0 Å². The molecule has 1 N–H and O–H groups in total. The molecule has 0 aromatic heterocycles. The average Bonchev–Trinajstić information content (AvgIpc) is 2.48. The van der Waals surface area contributed by atoms with Gasteiger partial charge in [-0.2, -0.15) is 8.78 Å². The van der Waals surface area contributed by atoms with Crippen molar-refractivity contribution in [1.29, 1.82) is 0 Å². The number of halogens is 2. The maximum Gasteiger partial charge on any atom is 0.322 e. The molecule has 1 saturated heterocycles. The number of thioether (sulfide) groups is 1. The Labute approximate surface area is 139 Å². The van der Waals surface area contributed by atoms with Crippen LogP contribution < -0.4 is 5.32 Å². The first-order valence-electron chi connectivity index (χ1n) is 7.66. The number of benzene rings is 1. The summed E-state index contributed by atoms with van der Waals surface area (Å²) in [7, 11) is 0. The number of nitrogens with one attached hydrogen (secondary N) is 1. The molecule has 1 aliphatic heterocycles. The number of amides is 2. The molecule has 128 valence electrons. The van der Waals surface area contributed by atoms with Crippen molar-refractivity contribution in [3.05, 3.63) is 24.3 Å². The number of morpholine rings is 1. The Bertz CT molecular complexity index is 529. The summed E-state index contributed by atoms with van der Waals surface area (Å²) in [6.45, 7) is 5.71. The van der Waals surface area contributed by atoms with Gasteiger partial charge in [-0.05, 0) is 24.5 Å². The van der Waals surface area contributed by atoms with Crippen molar-refractivity contribution in [2.24, 2.45) is 5.92 Å². The third-order valence-corrected chi connectivity index (χ3v) is 4.36. The fourth-order valence-corrected chi connectivity index (χ4v) is 3.21. The van der Waals surface area contributed by atoms with Gasteiger partial charge >= 0.3 is 6.03 Å². The summed E-state index contributed by atoms with van der Waals surface area (Å²) in [6.07, 6.45) is 0.848. The van der Waals surface area contributed by atoms with Crippen LogP contribution in [0.4, 0.5) is 19.3 Å². The van der Waals surface area contributed by atoms with Gasteiger partial charge in [-0.1, -0.05) is 37.7 Å². The molecule has 0 radical (unpaired) electrons. The van der Waals surface area contributed by atoms with E-state index in [9.17, 15) is 13.6 Å². The van der Waals surface area contributed by atoms with Crippen LogP contribution in [-0.4, -0.2) is 42.5 Å². The fraction of sp³-hybridized carbons (Fsp3) is 0.562. The van der Waals surface area contributed by atoms with Crippen molar-refractivity contribution in [3.63, 3.8) is 0 Å². The molecule has 2 amide bonds. The molecule has 0 aliphatic carbocycles. The Morgan fingerprint density at radius 2 is 2.17 bits per heavy atom. The quantitative estimate of drug-likeness (QED) is 0.811. The van der Waals surface area contributed by atoms with E-state index < -0.39 is 5.76 Å². The van der Waals surface area contributed by atoms with Gasteiger partial charge in [0, 0.05) is 11.4 Å². The van der Waals surface area contributed by atoms with E-state index in [1.165, 1.54) is 0 Å². The maximum absolute atomic E-state index is 12.6. The number of rotatable bonds is 5. The average molecular weight is 344 g/mol. The van der Waals surface area contributed by atoms with Crippen molar-refractivity contribution in [1.82, 2.24) is 4.90 Å². The molecule has 4 nitrogen and oxygen atoms in total. The van der Waals surface area contributed by atoms with Gasteiger partial charge in [0.25, 0.3) is 5.76 Å². The smallest absolute Gasteiger partial charge is 0.322 e. The van der Waals surface area contributed by atoms with Crippen LogP contribution in [-0.2, 0) is 4.74 Å². The van der Waals surface area contributed by atoms with Gasteiger partial charge in [-0.25, -0.2) is 4.79 Å². The maximum atomic E-state index is 12.6. The molecule has 2 rings (SSSR count). The summed E-state index contributed by atoms with van der Waals surface area (Å²) in [5.41, 5.74) is 0.414. The number of alkyl halides is 2. The zero-order valence-electron chi connectivity index (χ0n) is 13.3. The number of carbonyl (C=O) groups excluding carboxylic acids is 1. The summed E-state index contributed by atoms with van der Waals surface area (Å²) in [5, 5.41) is 2.77. The minimum atomic E-state index is -2.52. The predicted octanol–water partition coefficient (Wildman–Crippen LogP) is 4.28. The molecule has 23 heavy (non-hydrogen) atoms. The first-order valence-corrected chi connectivity index (χ1v) is 8.54. The van der Waals surface area contributed by atoms with Crippen molar-refractivity contribution in [3.8, 4) is 0 Å². The second-order valence-electron chi connectivity index (χ2n) is 5.86. The lowest BCUT2D eigenvalue weighted by atomic mass is 10.0. The third-order valence-electron chi connectivity index (χ3n) is 3.58. The zero-order valence-corrected chi connectivity index (χ0v) is 14.1. The molecule has 1 aromatic carbocycles. The van der Waals surface area contributed by atoms with Crippen LogP contribution >= 0.6 is 11.8 Å². The number of hydrogen-bond donors (Lipinski definition) is 1. The summed E-state index contributed by atoms with van der Waals surface area (Å²) in [6, 6.07) is 6.37. The molecule has 0 saturated carbocycles. The van der Waals surface area contributed by atoms with E-state index in [1.807, 2.05) is 0 Å². The predicted molar refractivity (Wildman–Crippen MR) is 88.1 cm³/mol. The number of carbonyl (C=O) groups is 1. The molecule has 1 heterocycles. The molecular formula is C16H22F2N2O2S. The van der Waals surface area contributed by atoms with Gasteiger partial charge in [0.05, 0.1) is 24.9 Å². The Kier molecular flexibility index (Phi) is 6.65. The van der Waals surface area contributed by atoms with Crippen molar-refractivity contribution < 1.29 is 18.3 Å². The van der Waals surface area contributed by atoms with Crippen molar-refractivity contribution >= 4 is 23.5 Å². The van der Waals surface area contributed by atoms with Crippen molar-refractivity contribution in [2.45, 2.75) is 37.0 Å². The lowest BCUT2D eigenvalue weighted by molar-refractivity contribution is 0.00856. The number of ether oxygens (including phenoxy) is 1. The first kappa shape index (κ1) is 18.0. The highest BCUT2D eigenvalue weighted by molar-refractivity contribution is 7.99. The van der Waals surface area contributed by atoms with Crippen LogP contribution in [0.1, 0.15) is 20.3 Å². The summed E-state index contributed by atoms with van der Waals surface area (Å²) in [5.74, 6) is -2.08. The first-order chi connectivity index (χ1) is 11.0. The molecular weight excluding hydrogens is 322 g/mol. The molecule has 7 heteroatoms. The Morgan fingerprint density at radius 3 is 2.87 bits per heavy atom. The molecule has 1 fully saturated rings. The van der Waals surface area contributed by atoms with Crippen LogP contribution in [0.15, 0.2) is 29.2 Å². The largest absolute Gasteiger partial charge is 0.377 e. The van der Waals surface area contributed by atoms with Gasteiger partial charge in [0.2, 0.25) is 0 Å². The van der Waals surface area contributed by atoms with Gasteiger partial charge in [0.1, 0.15) is 0 Å². The highest BCUT2D eigenvalue weighted by Gasteiger charge is 2.28. The SMILES string of the molecule is CC(C)CC1COCCN1C(=O)Nc1ccccc1SC(F)F. The fourth-order valence-electron chi connectivity index (χ4n) is 2.62. The van der Waals surface area contributed by atoms with E-state index in [1.54, 1.807) is 29.2 Å². The molecule has 0 bridgehead atoms. The van der Waals surface area contributed by atoms with Gasteiger partial charge in [-0.15, -0.1) is 0 Å². The molecule has 1 atom stereocenters. The van der Waals surface area contributed by atoms with E-state index >= 15 is 0 Å². The van der Waals surface area contributed by atoms with E-state index in [4.69, 9.17) is 4.74 Å². The van der Waals surface area contributed by atoms with Crippen LogP contribution in [0.5, 0.6) is 0 Å². The monoisotopic (exact) mass is 344 g/mol. The Balaban J connectivity index is 2.08. The Hall–Kier alpha value is -1.34. The molecule has 1 aliphatic rings. The van der Waals surface area contributed by atoms with Crippen LogP contribution in [0.3, 0.4) is 0 Å².